The SMILES string of the molecule is Cc1ccc(C(=O)CCC(=O)NC(CCN(C)C)C(C)(C)C)cc1C. The maximum atomic E-state index is 12.3. The molecule has 0 radical (unpaired) electrons. The van der Waals surface area contributed by atoms with Crippen LogP contribution < -0.4 is 5.32 Å². The average molecular weight is 347 g/mol. The lowest BCUT2D eigenvalue weighted by atomic mass is 9.84. The van der Waals surface area contributed by atoms with Crippen LogP contribution in [0.4, 0.5) is 0 Å². The number of hydrogen-bond donors (Lipinski definition) is 1. The van der Waals surface area contributed by atoms with E-state index in [0.717, 1.165) is 18.5 Å². The highest BCUT2D eigenvalue weighted by atomic mass is 16.2. The molecule has 0 heterocycles. The summed E-state index contributed by atoms with van der Waals surface area (Å²) in [6.45, 7) is 11.3. The molecule has 1 unspecified atom stereocenters. The Labute approximate surface area is 153 Å². The summed E-state index contributed by atoms with van der Waals surface area (Å²) in [6.07, 6.45) is 1.38. The number of nitrogens with zero attached hydrogens (tertiary/aromatic N) is 1. The number of aryl methyl sites for hydroxylation is 2. The van der Waals surface area contributed by atoms with Crippen molar-refractivity contribution < 1.29 is 9.59 Å². The van der Waals surface area contributed by atoms with Gasteiger partial charge in [0.1, 0.15) is 0 Å². The Bertz CT molecular complexity index is 600. The number of benzene rings is 1. The van der Waals surface area contributed by atoms with Gasteiger partial charge in [-0.2, -0.15) is 0 Å². The molecule has 1 atom stereocenters. The van der Waals surface area contributed by atoms with Crippen molar-refractivity contribution in [1.29, 1.82) is 0 Å². The van der Waals surface area contributed by atoms with Gasteiger partial charge >= 0.3 is 0 Å². The Balaban J connectivity index is 2.58. The van der Waals surface area contributed by atoms with Crippen molar-refractivity contribution in [2.75, 3.05) is 20.6 Å². The van der Waals surface area contributed by atoms with Gasteiger partial charge in [-0.25, -0.2) is 0 Å². The fourth-order valence-electron chi connectivity index (χ4n) is 2.66. The van der Waals surface area contributed by atoms with Crippen molar-refractivity contribution >= 4 is 11.7 Å². The first kappa shape index (κ1) is 21.4. The zero-order chi connectivity index (χ0) is 19.2. The minimum absolute atomic E-state index is 0.0102. The maximum Gasteiger partial charge on any atom is 0.220 e. The summed E-state index contributed by atoms with van der Waals surface area (Å²) in [7, 11) is 4.06. The zero-order valence-electron chi connectivity index (χ0n) is 16.9. The van der Waals surface area contributed by atoms with E-state index in [2.05, 4.69) is 31.0 Å². The van der Waals surface area contributed by atoms with Gasteiger partial charge in [-0.1, -0.05) is 32.9 Å². The van der Waals surface area contributed by atoms with Gasteiger partial charge in [0.15, 0.2) is 5.78 Å². The number of hydrogen-bond acceptors (Lipinski definition) is 3. The normalized spacial score (nSPS) is 13.0. The molecule has 1 N–H and O–H groups in total. The van der Waals surface area contributed by atoms with Gasteiger partial charge in [0.2, 0.25) is 5.91 Å². The first-order valence-electron chi connectivity index (χ1n) is 9.05. The molecule has 0 fully saturated rings. The van der Waals surface area contributed by atoms with Gasteiger partial charge in [-0.3, -0.25) is 9.59 Å². The molecule has 1 aromatic carbocycles. The molecule has 4 heteroatoms. The largest absolute Gasteiger partial charge is 0.353 e. The van der Waals surface area contributed by atoms with Gasteiger partial charge in [-0.05, 0) is 63.5 Å². The fraction of sp³-hybridized carbons (Fsp3) is 0.619. The van der Waals surface area contributed by atoms with E-state index >= 15 is 0 Å². The predicted molar refractivity (Wildman–Crippen MR) is 104 cm³/mol. The van der Waals surface area contributed by atoms with Crippen LogP contribution in [0.15, 0.2) is 18.2 Å². The molecule has 0 aromatic heterocycles. The van der Waals surface area contributed by atoms with E-state index in [4.69, 9.17) is 0 Å². The van der Waals surface area contributed by atoms with Crippen molar-refractivity contribution in [1.82, 2.24) is 10.2 Å². The molecule has 0 spiro atoms. The third kappa shape index (κ3) is 7.39. The van der Waals surface area contributed by atoms with Gasteiger partial charge in [0.25, 0.3) is 0 Å². The molecule has 1 amide bonds. The number of amides is 1. The topological polar surface area (TPSA) is 49.4 Å². The summed E-state index contributed by atoms with van der Waals surface area (Å²) >= 11 is 0. The van der Waals surface area contributed by atoms with Crippen LogP contribution in [0.3, 0.4) is 0 Å². The Hall–Kier alpha value is -1.68. The molecule has 0 aliphatic rings. The van der Waals surface area contributed by atoms with Crippen LogP contribution in [0.25, 0.3) is 0 Å². The minimum Gasteiger partial charge on any atom is -0.353 e. The smallest absolute Gasteiger partial charge is 0.220 e. The lowest BCUT2D eigenvalue weighted by molar-refractivity contribution is -0.122. The van der Waals surface area contributed by atoms with E-state index in [1.54, 1.807) is 0 Å². The molecule has 0 aliphatic heterocycles. The number of carbonyl (C=O) groups is 2. The van der Waals surface area contributed by atoms with Crippen LogP contribution in [0.5, 0.6) is 0 Å². The highest BCUT2D eigenvalue weighted by Gasteiger charge is 2.26. The molecule has 0 saturated heterocycles. The second kappa shape index (κ2) is 9.14. The van der Waals surface area contributed by atoms with Crippen molar-refractivity contribution in [3.63, 3.8) is 0 Å². The van der Waals surface area contributed by atoms with Crippen molar-refractivity contribution in [3.8, 4) is 0 Å². The van der Waals surface area contributed by atoms with Gasteiger partial charge in [0.05, 0.1) is 0 Å². The highest BCUT2D eigenvalue weighted by Crippen LogP contribution is 2.22. The zero-order valence-corrected chi connectivity index (χ0v) is 16.9. The second-order valence-electron chi connectivity index (χ2n) is 8.30. The summed E-state index contributed by atoms with van der Waals surface area (Å²) in [5, 5.41) is 3.12. The van der Waals surface area contributed by atoms with Crippen LogP contribution in [-0.2, 0) is 4.79 Å². The third-order valence-corrected chi connectivity index (χ3v) is 4.65. The molecule has 0 saturated carbocycles. The quantitative estimate of drug-likeness (QED) is 0.729. The molecule has 140 valence electrons. The molecular formula is C21H34N2O2. The molecule has 0 aliphatic carbocycles. The van der Waals surface area contributed by atoms with Crippen molar-refractivity contribution in [2.24, 2.45) is 5.41 Å². The van der Waals surface area contributed by atoms with Crippen molar-refractivity contribution in [2.45, 2.75) is 59.9 Å². The van der Waals surface area contributed by atoms with Gasteiger partial charge < -0.3 is 10.2 Å². The van der Waals surface area contributed by atoms with E-state index in [-0.39, 0.29) is 36.0 Å². The lowest BCUT2D eigenvalue weighted by Crippen LogP contribution is -2.45. The molecular weight excluding hydrogens is 312 g/mol. The first-order valence-corrected chi connectivity index (χ1v) is 9.05. The van der Waals surface area contributed by atoms with Crippen LogP contribution in [0.1, 0.15) is 61.5 Å². The van der Waals surface area contributed by atoms with E-state index in [1.165, 1.54) is 5.56 Å². The van der Waals surface area contributed by atoms with E-state index in [0.29, 0.717) is 5.56 Å². The predicted octanol–water partition coefficient (Wildman–Crippen LogP) is 3.75. The number of carbonyl (C=O) groups excluding carboxylic acids is 2. The van der Waals surface area contributed by atoms with Gasteiger partial charge in [0, 0.05) is 24.4 Å². The van der Waals surface area contributed by atoms with Crippen LogP contribution >= 0.6 is 0 Å². The summed E-state index contributed by atoms with van der Waals surface area (Å²) in [6, 6.07) is 5.81. The van der Waals surface area contributed by atoms with Crippen LogP contribution in [0, 0.1) is 19.3 Å². The Morgan fingerprint density at radius 3 is 2.24 bits per heavy atom. The third-order valence-electron chi connectivity index (χ3n) is 4.65. The second-order valence-corrected chi connectivity index (χ2v) is 8.30. The van der Waals surface area contributed by atoms with E-state index in [9.17, 15) is 9.59 Å². The van der Waals surface area contributed by atoms with Gasteiger partial charge in [-0.15, -0.1) is 0 Å². The summed E-state index contributed by atoms with van der Waals surface area (Å²) in [5.41, 5.74) is 2.95. The average Bonchev–Trinajstić information content (AvgIpc) is 2.50. The fourth-order valence-corrected chi connectivity index (χ4v) is 2.66. The van der Waals surface area contributed by atoms with E-state index in [1.807, 2.05) is 46.1 Å². The summed E-state index contributed by atoms with van der Waals surface area (Å²) in [4.78, 5) is 26.8. The molecule has 0 bridgehead atoms. The first-order chi connectivity index (χ1) is 11.5. The molecule has 1 aromatic rings. The van der Waals surface area contributed by atoms with Crippen LogP contribution in [0.2, 0.25) is 0 Å². The van der Waals surface area contributed by atoms with E-state index < -0.39 is 0 Å². The summed E-state index contributed by atoms with van der Waals surface area (Å²) in [5.74, 6) is -0.0188. The Morgan fingerprint density at radius 1 is 1.08 bits per heavy atom. The molecule has 25 heavy (non-hydrogen) atoms. The highest BCUT2D eigenvalue weighted by molar-refractivity contribution is 5.98. The standard InChI is InChI=1S/C21H34N2O2/c1-15-8-9-17(14-16(15)2)18(24)10-11-20(25)22-19(21(3,4)5)12-13-23(6)7/h8-9,14,19H,10-13H2,1-7H3,(H,22,25). The Morgan fingerprint density at radius 2 is 1.72 bits per heavy atom. The monoisotopic (exact) mass is 346 g/mol. The molecule has 4 nitrogen and oxygen atoms in total. The maximum absolute atomic E-state index is 12.3. The number of rotatable bonds is 8. The van der Waals surface area contributed by atoms with Crippen molar-refractivity contribution in [3.05, 3.63) is 34.9 Å². The lowest BCUT2D eigenvalue weighted by Gasteiger charge is -2.32. The number of Topliss-reactive ketones (excluding diaryl/α,β-unsaturated/α-hetero) is 1. The summed E-state index contributed by atoms with van der Waals surface area (Å²) < 4.78 is 0. The molecule has 1 rings (SSSR count). The number of ketones is 1. The number of nitrogens with one attached hydrogen (secondary N) is 1. The minimum atomic E-state index is -0.0455. The Kier molecular flexibility index (Phi) is 7.81. The van der Waals surface area contributed by atoms with Crippen LogP contribution in [-0.4, -0.2) is 43.3 Å².